The van der Waals surface area contributed by atoms with E-state index < -0.39 is 0 Å². The van der Waals surface area contributed by atoms with E-state index in [2.05, 4.69) is 10.2 Å². The summed E-state index contributed by atoms with van der Waals surface area (Å²) in [5.41, 5.74) is 3.37. The SMILES string of the molecule is N#CCSc1nnc(-c2cc(-c3ccc(Cl)cc3)nc3ccccc23)o1. The van der Waals surface area contributed by atoms with E-state index >= 15 is 0 Å². The molecule has 4 rings (SSSR count). The van der Waals surface area contributed by atoms with Gasteiger partial charge in [0.15, 0.2) is 0 Å². The normalized spacial score (nSPS) is 10.8. The number of nitriles is 1. The number of hydrogen-bond acceptors (Lipinski definition) is 6. The van der Waals surface area contributed by atoms with E-state index in [1.54, 1.807) is 0 Å². The molecule has 4 aromatic rings. The third-order valence-electron chi connectivity index (χ3n) is 3.75. The lowest BCUT2D eigenvalue weighted by Crippen LogP contribution is -1.90. The molecule has 0 aliphatic carbocycles. The molecule has 0 atom stereocenters. The minimum Gasteiger partial charge on any atom is -0.411 e. The Bertz CT molecular complexity index is 1120. The smallest absolute Gasteiger partial charge is 0.277 e. The van der Waals surface area contributed by atoms with Gasteiger partial charge in [-0.25, -0.2) is 4.98 Å². The number of pyridine rings is 1. The Kier molecular flexibility index (Phi) is 4.57. The van der Waals surface area contributed by atoms with Crippen LogP contribution >= 0.6 is 23.4 Å². The first-order valence-electron chi connectivity index (χ1n) is 7.74. The van der Waals surface area contributed by atoms with Crippen LogP contribution in [0.15, 0.2) is 64.2 Å². The molecule has 0 saturated carbocycles. The zero-order valence-electron chi connectivity index (χ0n) is 13.4. The van der Waals surface area contributed by atoms with Crippen LogP contribution in [0.4, 0.5) is 0 Å². The van der Waals surface area contributed by atoms with E-state index in [0.717, 1.165) is 27.7 Å². The van der Waals surface area contributed by atoms with Crippen molar-refractivity contribution in [2.75, 3.05) is 5.75 Å². The van der Waals surface area contributed by atoms with Gasteiger partial charge in [0.2, 0.25) is 5.89 Å². The van der Waals surface area contributed by atoms with Crippen molar-refractivity contribution in [1.82, 2.24) is 15.2 Å². The molecule has 0 amide bonds. The fraction of sp³-hybridized carbons (Fsp3) is 0.0526. The van der Waals surface area contributed by atoms with Crippen molar-refractivity contribution in [3.8, 4) is 28.8 Å². The molecule has 7 heteroatoms. The zero-order chi connectivity index (χ0) is 17.9. The van der Waals surface area contributed by atoms with Crippen LogP contribution in [0, 0.1) is 11.3 Å². The molecule has 0 fully saturated rings. The van der Waals surface area contributed by atoms with Gasteiger partial charge in [-0.1, -0.05) is 53.7 Å². The molecule has 2 aromatic carbocycles. The van der Waals surface area contributed by atoms with Crippen LogP contribution in [0.2, 0.25) is 5.02 Å². The first kappa shape index (κ1) is 16.6. The van der Waals surface area contributed by atoms with Gasteiger partial charge in [0.25, 0.3) is 5.22 Å². The van der Waals surface area contributed by atoms with E-state index in [9.17, 15) is 0 Å². The molecule has 0 bridgehead atoms. The van der Waals surface area contributed by atoms with Gasteiger partial charge in [-0.05, 0) is 24.3 Å². The standard InChI is InChI=1S/C19H11ClN4OS/c20-13-7-5-12(6-8-13)17-11-15(14-3-1-2-4-16(14)22-17)18-23-24-19(25-18)26-10-9-21/h1-8,11H,10H2. The summed E-state index contributed by atoms with van der Waals surface area (Å²) in [5, 5.41) is 18.8. The zero-order valence-corrected chi connectivity index (χ0v) is 15.0. The molecular formula is C19H11ClN4OS. The Labute approximate surface area is 158 Å². The van der Waals surface area contributed by atoms with Gasteiger partial charge < -0.3 is 4.42 Å². The minimum absolute atomic E-state index is 0.259. The summed E-state index contributed by atoms with van der Waals surface area (Å²) in [6, 6.07) is 19.3. The second-order valence-electron chi connectivity index (χ2n) is 5.40. The highest BCUT2D eigenvalue weighted by atomic mass is 35.5. The Morgan fingerprint density at radius 1 is 1.08 bits per heavy atom. The quantitative estimate of drug-likeness (QED) is 0.453. The number of para-hydroxylation sites is 1. The number of rotatable bonds is 4. The van der Waals surface area contributed by atoms with Crippen LogP contribution in [0.1, 0.15) is 0 Å². The summed E-state index contributed by atoms with van der Waals surface area (Å²) < 4.78 is 5.73. The maximum absolute atomic E-state index is 8.70. The minimum atomic E-state index is 0.259. The number of aromatic nitrogens is 3. The Hall–Kier alpha value is -2.88. The van der Waals surface area contributed by atoms with Crippen molar-refractivity contribution in [2.45, 2.75) is 5.22 Å². The molecule has 2 aromatic heterocycles. The molecule has 5 nitrogen and oxygen atoms in total. The number of benzene rings is 2. The van der Waals surface area contributed by atoms with Gasteiger partial charge in [-0.2, -0.15) is 5.26 Å². The highest BCUT2D eigenvalue weighted by Crippen LogP contribution is 2.32. The molecule has 2 heterocycles. The lowest BCUT2D eigenvalue weighted by Gasteiger charge is -2.07. The van der Waals surface area contributed by atoms with Crippen molar-refractivity contribution in [1.29, 1.82) is 5.26 Å². The van der Waals surface area contributed by atoms with Crippen molar-refractivity contribution in [3.63, 3.8) is 0 Å². The van der Waals surface area contributed by atoms with Gasteiger partial charge in [0.05, 0.1) is 28.6 Å². The summed E-state index contributed by atoms with van der Waals surface area (Å²) in [6.45, 7) is 0. The molecule has 0 aliphatic heterocycles. The second kappa shape index (κ2) is 7.16. The Balaban J connectivity index is 1.86. The predicted octanol–water partition coefficient (Wildman–Crippen LogP) is 5.22. The third kappa shape index (κ3) is 3.27. The number of fused-ring (bicyclic) bond motifs is 1. The molecule has 0 spiro atoms. The number of nitrogens with zero attached hydrogens (tertiary/aromatic N) is 4. The van der Waals surface area contributed by atoms with Crippen LogP contribution in [0.3, 0.4) is 0 Å². The third-order valence-corrected chi connectivity index (χ3v) is 4.69. The number of halogens is 1. The van der Waals surface area contributed by atoms with Gasteiger partial charge in [-0.15, -0.1) is 10.2 Å². The average Bonchev–Trinajstić information content (AvgIpc) is 3.15. The van der Waals surface area contributed by atoms with Gasteiger partial charge in [0, 0.05) is 16.0 Å². The fourth-order valence-corrected chi connectivity index (χ4v) is 3.14. The highest BCUT2D eigenvalue weighted by molar-refractivity contribution is 7.99. The lowest BCUT2D eigenvalue weighted by atomic mass is 10.0. The summed E-state index contributed by atoms with van der Waals surface area (Å²) >= 11 is 7.20. The fourth-order valence-electron chi connectivity index (χ4n) is 2.59. The molecule has 26 heavy (non-hydrogen) atoms. The Morgan fingerprint density at radius 3 is 2.69 bits per heavy atom. The molecular weight excluding hydrogens is 368 g/mol. The average molecular weight is 379 g/mol. The monoisotopic (exact) mass is 378 g/mol. The molecule has 126 valence electrons. The van der Waals surface area contributed by atoms with Crippen LogP contribution in [-0.4, -0.2) is 20.9 Å². The molecule has 0 unspecified atom stereocenters. The summed E-state index contributed by atoms with van der Waals surface area (Å²) in [5.74, 6) is 0.661. The van der Waals surface area contributed by atoms with Crippen LogP contribution in [0.25, 0.3) is 33.6 Å². The van der Waals surface area contributed by atoms with E-state index in [4.69, 9.17) is 26.3 Å². The van der Waals surface area contributed by atoms with Crippen LogP contribution in [-0.2, 0) is 0 Å². The van der Waals surface area contributed by atoms with Gasteiger partial charge in [0.1, 0.15) is 0 Å². The van der Waals surface area contributed by atoms with Crippen molar-refractivity contribution >= 4 is 34.3 Å². The van der Waals surface area contributed by atoms with Gasteiger partial charge in [-0.3, -0.25) is 0 Å². The summed E-state index contributed by atoms with van der Waals surface area (Å²) in [6.07, 6.45) is 0. The first-order chi connectivity index (χ1) is 12.7. The second-order valence-corrected chi connectivity index (χ2v) is 6.76. The maximum atomic E-state index is 8.70. The summed E-state index contributed by atoms with van der Waals surface area (Å²) in [4.78, 5) is 4.74. The highest BCUT2D eigenvalue weighted by Gasteiger charge is 2.15. The molecule has 0 saturated heterocycles. The molecule has 0 radical (unpaired) electrons. The number of hydrogen-bond donors (Lipinski definition) is 0. The van der Waals surface area contributed by atoms with Crippen molar-refractivity contribution < 1.29 is 4.42 Å². The van der Waals surface area contributed by atoms with Crippen LogP contribution in [0.5, 0.6) is 0 Å². The van der Waals surface area contributed by atoms with E-state index in [1.165, 1.54) is 11.8 Å². The van der Waals surface area contributed by atoms with Crippen molar-refractivity contribution in [2.24, 2.45) is 0 Å². The van der Waals surface area contributed by atoms with E-state index in [1.807, 2.05) is 60.7 Å². The van der Waals surface area contributed by atoms with E-state index in [-0.39, 0.29) is 5.75 Å². The number of thioether (sulfide) groups is 1. The van der Waals surface area contributed by atoms with Crippen LogP contribution < -0.4 is 0 Å². The maximum Gasteiger partial charge on any atom is 0.277 e. The molecule has 0 aliphatic rings. The first-order valence-corrected chi connectivity index (χ1v) is 9.10. The van der Waals surface area contributed by atoms with E-state index in [0.29, 0.717) is 16.1 Å². The lowest BCUT2D eigenvalue weighted by molar-refractivity contribution is 0.466. The topological polar surface area (TPSA) is 75.6 Å². The molecule has 0 N–H and O–H groups in total. The predicted molar refractivity (Wildman–Crippen MR) is 102 cm³/mol. The summed E-state index contributed by atoms with van der Waals surface area (Å²) in [7, 11) is 0. The van der Waals surface area contributed by atoms with Gasteiger partial charge >= 0.3 is 0 Å². The largest absolute Gasteiger partial charge is 0.411 e. The Morgan fingerprint density at radius 2 is 1.88 bits per heavy atom. The van der Waals surface area contributed by atoms with Crippen molar-refractivity contribution in [3.05, 3.63) is 59.6 Å².